The number of likely N-dealkylation sites (tertiary alicyclic amines) is 1. The Bertz CT molecular complexity index is 1250. The van der Waals surface area contributed by atoms with E-state index in [4.69, 9.17) is 9.15 Å². The fourth-order valence-corrected chi connectivity index (χ4v) is 3.83. The second-order valence-corrected chi connectivity index (χ2v) is 7.63. The van der Waals surface area contributed by atoms with Crippen molar-refractivity contribution in [1.29, 1.82) is 0 Å². The molecular formula is C25H22FNO6. The second kappa shape index (κ2) is 8.82. The van der Waals surface area contributed by atoms with Crippen LogP contribution >= 0.6 is 0 Å². The number of rotatable bonds is 6. The molecule has 0 aliphatic carbocycles. The molecule has 4 rings (SSSR count). The van der Waals surface area contributed by atoms with E-state index in [1.165, 1.54) is 41.5 Å². The number of benzene rings is 2. The van der Waals surface area contributed by atoms with Gasteiger partial charge in [0.1, 0.15) is 17.3 Å². The number of aryl methyl sites for hydroxylation is 1. The first-order chi connectivity index (χ1) is 15.8. The second-order valence-electron chi connectivity index (χ2n) is 7.63. The first-order valence-corrected chi connectivity index (χ1v) is 10.3. The van der Waals surface area contributed by atoms with Crippen molar-refractivity contribution in [3.63, 3.8) is 0 Å². The number of carbonyl (C=O) groups excluding carboxylic acids is 2. The molecule has 2 heterocycles. The molecule has 8 heteroatoms. The van der Waals surface area contributed by atoms with Gasteiger partial charge in [0.25, 0.3) is 11.7 Å². The summed E-state index contributed by atoms with van der Waals surface area (Å²) in [4.78, 5) is 27.3. The van der Waals surface area contributed by atoms with Crippen LogP contribution in [0.15, 0.2) is 64.8 Å². The van der Waals surface area contributed by atoms with Gasteiger partial charge in [0.2, 0.25) is 0 Å². The summed E-state index contributed by atoms with van der Waals surface area (Å²) in [5.41, 5.74) is 0.684. The number of amides is 1. The molecule has 1 atom stereocenters. The minimum Gasteiger partial charge on any atom is -0.507 e. The molecule has 1 aliphatic heterocycles. The molecule has 0 radical (unpaired) electrons. The third-order valence-corrected chi connectivity index (χ3v) is 5.49. The average molecular weight is 451 g/mol. The Hall–Kier alpha value is -4.07. The maximum absolute atomic E-state index is 14.2. The quantitative estimate of drug-likeness (QED) is 0.326. The normalized spacial score (nSPS) is 17.5. The zero-order valence-electron chi connectivity index (χ0n) is 18.0. The Morgan fingerprint density at radius 1 is 1.18 bits per heavy atom. The van der Waals surface area contributed by atoms with Gasteiger partial charge in [0, 0.05) is 5.56 Å². The monoisotopic (exact) mass is 451 g/mol. The Balaban J connectivity index is 1.90. The van der Waals surface area contributed by atoms with Gasteiger partial charge < -0.3 is 24.3 Å². The number of furan rings is 1. The first kappa shape index (κ1) is 22.1. The van der Waals surface area contributed by atoms with E-state index >= 15 is 0 Å². The molecule has 0 bridgehead atoms. The lowest BCUT2D eigenvalue weighted by Crippen LogP contribution is -2.29. The lowest BCUT2D eigenvalue weighted by Gasteiger charge is -2.25. The summed E-state index contributed by atoms with van der Waals surface area (Å²) in [6.07, 6.45) is 1.45. The van der Waals surface area contributed by atoms with Crippen LogP contribution in [-0.2, 0) is 16.1 Å². The highest BCUT2D eigenvalue weighted by Crippen LogP contribution is 2.42. The first-order valence-electron chi connectivity index (χ1n) is 10.3. The lowest BCUT2D eigenvalue weighted by molar-refractivity contribution is -0.140. The predicted octanol–water partition coefficient (Wildman–Crippen LogP) is 4.45. The molecular weight excluding hydrogens is 429 g/mol. The Morgan fingerprint density at radius 3 is 2.64 bits per heavy atom. The highest BCUT2D eigenvalue weighted by molar-refractivity contribution is 6.46. The van der Waals surface area contributed by atoms with Gasteiger partial charge in [-0.3, -0.25) is 9.59 Å². The van der Waals surface area contributed by atoms with Crippen molar-refractivity contribution in [1.82, 2.24) is 4.90 Å². The molecule has 1 aromatic heterocycles. The van der Waals surface area contributed by atoms with Crippen LogP contribution in [0.3, 0.4) is 0 Å². The van der Waals surface area contributed by atoms with E-state index in [2.05, 4.69) is 0 Å². The van der Waals surface area contributed by atoms with Crippen LogP contribution in [-0.4, -0.2) is 33.4 Å². The van der Waals surface area contributed by atoms with E-state index < -0.39 is 29.3 Å². The number of hydrogen-bond acceptors (Lipinski definition) is 6. The molecule has 2 aromatic carbocycles. The van der Waals surface area contributed by atoms with Crippen LogP contribution < -0.4 is 4.74 Å². The van der Waals surface area contributed by atoms with Crippen molar-refractivity contribution in [2.24, 2.45) is 0 Å². The molecule has 1 amide bonds. The highest BCUT2D eigenvalue weighted by Gasteiger charge is 2.46. The molecule has 3 aromatic rings. The smallest absolute Gasteiger partial charge is 0.296 e. The van der Waals surface area contributed by atoms with Crippen LogP contribution in [0.25, 0.3) is 5.76 Å². The number of Topliss-reactive ketones (excluding diaryl/α,β-unsaturated/α-hetero) is 1. The molecule has 1 saturated heterocycles. The molecule has 0 saturated carbocycles. The van der Waals surface area contributed by atoms with E-state index in [1.807, 2.05) is 0 Å². The van der Waals surface area contributed by atoms with Gasteiger partial charge in [0.05, 0.1) is 31.0 Å². The van der Waals surface area contributed by atoms with Gasteiger partial charge in [-0.2, -0.15) is 0 Å². The number of hydrogen-bond donors (Lipinski definition) is 2. The summed E-state index contributed by atoms with van der Waals surface area (Å²) >= 11 is 0. The van der Waals surface area contributed by atoms with E-state index in [0.29, 0.717) is 16.9 Å². The molecule has 1 fully saturated rings. The zero-order valence-corrected chi connectivity index (χ0v) is 18.0. The van der Waals surface area contributed by atoms with Gasteiger partial charge in [-0.05, 0) is 55.3 Å². The van der Waals surface area contributed by atoms with Gasteiger partial charge in [-0.25, -0.2) is 4.39 Å². The number of halogens is 1. The van der Waals surface area contributed by atoms with Gasteiger partial charge in [-0.1, -0.05) is 18.2 Å². The van der Waals surface area contributed by atoms with Crippen LogP contribution in [0, 0.1) is 12.7 Å². The number of phenols is 1. The van der Waals surface area contributed by atoms with Crippen molar-refractivity contribution in [2.75, 3.05) is 6.61 Å². The molecule has 1 aliphatic rings. The number of nitrogens with zero attached hydrogens (tertiary/aromatic N) is 1. The number of ketones is 1. The molecule has 1 unspecified atom stereocenters. The SMILES string of the molecule is CCOc1cc(C2/C(=C(\O)c3ccc(C)c(F)c3)C(=O)C(=O)N2Cc2ccco2)ccc1O. The van der Waals surface area contributed by atoms with Crippen molar-refractivity contribution >= 4 is 17.4 Å². The summed E-state index contributed by atoms with van der Waals surface area (Å²) in [6.45, 7) is 3.58. The number of aliphatic hydroxyl groups excluding tert-OH is 1. The van der Waals surface area contributed by atoms with Crippen LogP contribution in [0.2, 0.25) is 0 Å². The van der Waals surface area contributed by atoms with Gasteiger partial charge in [-0.15, -0.1) is 0 Å². The van der Waals surface area contributed by atoms with Crippen molar-refractivity contribution < 1.29 is 33.3 Å². The summed E-state index contributed by atoms with van der Waals surface area (Å²) in [5, 5.41) is 21.1. The van der Waals surface area contributed by atoms with E-state index in [-0.39, 0.29) is 35.8 Å². The Morgan fingerprint density at radius 2 is 1.97 bits per heavy atom. The number of aliphatic hydroxyl groups is 1. The molecule has 7 nitrogen and oxygen atoms in total. The summed E-state index contributed by atoms with van der Waals surface area (Å²) in [5.74, 6) is -2.29. The van der Waals surface area contributed by atoms with E-state index in [0.717, 1.165) is 6.07 Å². The van der Waals surface area contributed by atoms with Crippen LogP contribution in [0.1, 0.15) is 35.4 Å². The van der Waals surface area contributed by atoms with Crippen molar-refractivity contribution in [3.8, 4) is 11.5 Å². The highest BCUT2D eigenvalue weighted by atomic mass is 19.1. The van der Waals surface area contributed by atoms with E-state index in [1.54, 1.807) is 26.0 Å². The topological polar surface area (TPSA) is 100 Å². The summed E-state index contributed by atoms with van der Waals surface area (Å²) in [6, 6.07) is 10.8. The number of aromatic hydroxyl groups is 1. The maximum Gasteiger partial charge on any atom is 0.296 e. The molecule has 170 valence electrons. The Kier molecular flexibility index (Phi) is 5.91. The van der Waals surface area contributed by atoms with Crippen molar-refractivity contribution in [3.05, 3.63) is 88.6 Å². The predicted molar refractivity (Wildman–Crippen MR) is 117 cm³/mol. The lowest BCUT2D eigenvalue weighted by atomic mass is 9.94. The standard InChI is InChI=1S/C25H22FNO6/c1-3-32-20-12-15(8-9-19(20)28)22-21(23(29)16-7-6-14(2)18(26)11-16)24(30)25(31)27(22)13-17-5-4-10-33-17/h4-12,22,28-29H,3,13H2,1-2H3/b23-21+. The van der Waals surface area contributed by atoms with Crippen LogP contribution in [0.5, 0.6) is 11.5 Å². The number of phenolic OH excluding ortho intramolecular Hbond substituents is 1. The summed E-state index contributed by atoms with van der Waals surface area (Å²) in [7, 11) is 0. The average Bonchev–Trinajstić information content (AvgIpc) is 3.39. The summed E-state index contributed by atoms with van der Waals surface area (Å²) < 4.78 is 25.0. The Labute approximate surface area is 189 Å². The van der Waals surface area contributed by atoms with E-state index in [9.17, 15) is 24.2 Å². The number of ether oxygens (including phenoxy) is 1. The minimum absolute atomic E-state index is 0.0356. The third-order valence-electron chi connectivity index (χ3n) is 5.49. The maximum atomic E-state index is 14.2. The van der Waals surface area contributed by atoms with Crippen LogP contribution in [0.4, 0.5) is 4.39 Å². The molecule has 2 N–H and O–H groups in total. The fraction of sp³-hybridized carbons (Fsp3) is 0.200. The van der Waals surface area contributed by atoms with Gasteiger partial charge >= 0.3 is 0 Å². The fourth-order valence-electron chi connectivity index (χ4n) is 3.83. The minimum atomic E-state index is -1.01. The number of carbonyl (C=O) groups is 2. The molecule has 33 heavy (non-hydrogen) atoms. The molecule has 0 spiro atoms. The van der Waals surface area contributed by atoms with Crippen molar-refractivity contribution in [2.45, 2.75) is 26.4 Å². The van der Waals surface area contributed by atoms with Gasteiger partial charge in [0.15, 0.2) is 11.5 Å². The third kappa shape index (κ3) is 4.07. The largest absolute Gasteiger partial charge is 0.507 e. The zero-order chi connectivity index (χ0) is 23.7.